The molecular formula is C15H25NO. The Balaban J connectivity index is 2.26. The van der Waals surface area contributed by atoms with Crippen LogP contribution in [0.5, 0.6) is 0 Å². The van der Waals surface area contributed by atoms with Crippen LogP contribution in [0.4, 0.5) is 0 Å². The van der Waals surface area contributed by atoms with Gasteiger partial charge in [-0.3, -0.25) is 0 Å². The maximum Gasteiger partial charge on any atom is 0.0445 e. The molecule has 0 heterocycles. The van der Waals surface area contributed by atoms with Crippen molar-refractivity contribution in [1.82, 2.24) is 5.32 Å². The average molecular weight is 235 g/mol. The van der Waals surface area contributed by atoms with Crippen LogP contribution in [0.15, 0.2) is 30.3 Å². The fraction of sp³-hybridized carbons (Fsp3) is 0.600. The number of aliphatic hydroxyl groups is 1. The molecule has 0 saturated carbocycles. The van der Waals surface area contributed by atoms with Gasteiger partial charge in [0.05, 0.1) is 0 Å². The highest BCUT2D eigenvalue weighted by Gasteiger charge is 2.07. The third kappa shape index (κ3) is 5.33. The van der Waals surface area contributed by atoms with Gasteiger partial charge in [0, 0.05) is 12.6 Å². The van der Waals surface area contributed by atoms with E-state index in [0.717, 1.165) is 25.8 Å². The molecule has 0 spiro atoms. The molecule has 17 heavy (non-hydrogen) atoms. The minimum absolute atomic E-state index is 0.278. The van der Waals surface area contributed by atoms with E-state index in [0.29, 0.717) is 12.0 Å². The lowest BCUT2D eigenvalue weighted by molar-refractivity contribution is 0.262. The summed E-state index contributed by atoms with van der Waals surface area (Å²) in [6.45, 7) is 5.73. The molecule has 0 saturated heterocycles. The third-order valence-electron chi connectivity index (χ3n) is 3.35. The SMILES string of the molecule is CCC(CCO)NCCC(C)c1ccccc1. The predicted octanol–water partition coefficient (Wildman–Crippen LogP) is 2.93. The van der Waals surface area contributed by atoms with E-state index >= 15 is 0 Å². The smallest absolute Gasteiger partial charge is 0.0445 e. The van der Waals surface area contributed by atoms with Gasteiger partial charge in [-0.05, 0) is 37.3 Å². The summed E-state index contributed by atoms with van der Waals surface area (Å²) in [5.41, 5.74) is 1.41. The van der Waals surface area contributed by atoms with Gasteiger partial charge in [-0.15, -0.1) is 0 Å². The van der Waals surface area contributed by atoms with E-state index in [4.69, 9.17) is 5.11 Å². The minimum Gasteiger partial charge on any atom is -0.396 e. The lowest BCUT2D eigenvalue weighted by Crippen LogP contribution is -2.30. The molecule has 1 aromatic carbocycles. The third-order valence-corrected chi connectivity index (χ3v) is 3.35. The molecule has 2 atom stereocenters. The van der Waals surface area contributed by atoms with Crippen molar-refractivity contribution < 1.29 is 5.11 Å². The summed E-state index contributed by atoms with van der Waals surface area (Å²) in [6, 6.07) is 11.1. The summed E-state index contributed by atoms with van der Waals surface area (Å²) >= 11 is 0. The topological polar surface area (TPSA) is 32.3 Å². The zero-order valence-corrected chi connectivity index (χ0v) is 11.0. The van der Waals surface area contributed by atoms with E-state index in [1.54, 1.807) is 0 Å². The lowest BCUT2D eigenvalue weighted by Gasteiger charge is -2.18. The highest BCUT2D eigenvalue weighted by molar-refractivity contribution is 5.18. The van der Waals surface area contributed by atoms with E-state index < -0.39 is 0 Å². The number of benzene rings is 1. The molecule has 1 rings (SSSR count). The number of nitrogens with one attached hydrogen (secondary N) is 1. The summed E-state index contributed by atoms with van der Waals surface area (Å²) in [7, 11) is 0. The second-order valence-corrected chi connectivity index (χ2v) is 4.67. The molecule has 0 aliphatic heterocycles. The Labute approximate surface area is 105 Å². The molecule has 0 aliphatic rings. The van der Waals surface area contributed by atoms with Crippen molar-refractivity contribution in [3.8, 4) is 0 Å². The molecule has 0 aliphatic carbocycles. The zero-order valence-electron chi connectivity index (χ0n) is 11.0. The Morgan fingerprint density at radius 3 is 2.47 bits per heavy atom. The highest BCUT2D eigenvalue weighted by atomic mass is 16.3. The normalized spacial score (nSPS) is 14.5. The van der Waals surface area contributed by atoms with E-state index in [-0.39, 0.29) is 6.61 Å². The van der Waals surface area contributed by atoms with Crippen molar-refractivity contribution in [2.75, 3.05) is 13.2 Å². The first-order valence-corrected chi connectivity index (χ1v) is 6.67. The number of hydrogen-bond donors (Lipinski definition) is 2. The summed E-state index contributed by atoms with van der Waals surface area (Å²) in [5.74, 6) is 0.593. The van der Waals surface area contributed by atoms with Gasteiger partial charge in [-0.1, -0.05) is 44.2 Å². The molecular weight excluding hydrogens is 210 g/mol. The number of hydrogen-bond acceptors (Lipinski definition) is 2. The van der Waals surface area contributed by atoms with Gasteiger partial charge in [-0.2, -0.15) is 0 Å². The molecule has 0 fully saturated rings. The minimum atomic E-state index is 0.278. The predicted molar refractivity (Wildman–Crippen MR) is 73.3 cm³/mol. The average Bonchev–Trinajstić information content (AvgIpc) is 2.38. The molecule has 1 aromatic rings. The number of aliphatic hydroxyl groups excluding tert-OH is 1. The molecule has 0 radical (unpaired) electrons. The molecule has 96 valence electrons. The van der Waals surface area contributed by atoms with E-state index in [2.05, 4.69) is 49.5 Å². The summed E-state index contributed by atoms with van der Waals surface area (Å²) in [6.07, 6.45) is 3.09. The van der Waals surface area contributed by atoms with Crippen LogP contribution < -0.4 is 5.32 Å². The molecule has 2 nitrogen and oxygen atoms in total. The van der Waals surface area contributed by atoms with Crippen molar-refractivity contribution in [3.63, 3.8) is 0 Å². The van der Waals surface area contributed by atoms with Gasteiger partial charge >= 0.3 is 0 Å². The van der Waals surface area contributed by atoms with Crippen molar-refractivity contribution in [3.05, 3.63) is 35.9 Å². The first-order valence-electron chi connectivity index (χ1n) is 6.67. The van der Waals surface area contributed by atoms with Crippen LogP contribution in [0.1, 0.15) is 44.6 Å². The van der Waals surface area contributed by atoms with Gasteiger partial charge < -0.3 is 10.4 Å². The maximum absolute atomic E-state index is 8.91. The fourth-order valence-electron chi connectivity index (χ4n) is 2.06. The first kappa shape index (κ1) is 14.2. The van der Waals surface area contributed by atoms with Crippen LogP contribution in [-0.4, -0.2) is 24.3 Å². The van der Waals surface area contributed by atoms with Crippen LogP contribution in [0, 0.1) is 0 Å². The Kier molecular flexibility index (Phi) is 6.90. The van der Waals surface area contributed by atoms with Gasteiger partial charge in [0.1, 0.15) is 0 Å². The Morgan fingerprint density at radius 1 is 1.18 bits per heavy atom. The molecule has 2 heteroatoms. The molecule has 0 amide bonds. The largest absolute Gasteiger partial charge is 0.396 e. The fourth-order valence-corrected chi connectivity index (χ4v) is 2.06. The molecule has 2 unspecified atom stereocenters. The Hall–Kier alpha value is -0.860. The van der Waals surface area contributed by atoms with Gasteiger partial charge in [0.2, 0.25) is 0 Å². The maximum atomic E-state index is 8.91. The Morgan fingerprint density at radius 2 is 1.88 bits per heavy atom. The molecule has 0 aromatic heterocycles. The summed E-state index contributed by atoms with van der Waals surface area (Å²) < 4.78 is 0. The number of rotatable bonds is 8. The van der Waals surface area contributed by atoms with Gasteiger partial charge in [0.25, 0.3) is 0 Å². The van der Waals surface area contributed by atoms with Crippen molar-refractivity contribution >= 4 is 0 Å². The first-order chi connectivity index (χ1) is 8.27. The monoisotopic (exact) mass is 235 g/mol. The van der Waals surface area contributed by atoms with Gasteiger partial charge in [-0.25, -0.2) is 0 Å². The quantitative estimate of drug-likeness (QED) is 0.726. The van der Waals surface area contributed by atoms with Crippen LogP contribution in [-0.2, 0) is 0 Å². The van der Waals surface area contributed by atoms with Crippen LogP contribution in [0.25, 0.3) is 0 Å². The van der Waals surface area contributed by atoms with Crippen molar-refractivity contribution in [1.29, 1.82) is 0 Å². The molecule has 0 bridgehead atoms. The van der Waals surface area contributed by atoms with E-state index in [9.17, 15) is 0 Å². The Bertz CT molecular complexity index is 286. The van der Waals surface area contributed by atoms with Crippen LogP contribution in [0.3, 0.4) is 0 Å². The van der Waals surface area contributed by atoms with E-state index in [1.165, 1.54) is 5.56 Å². The van der Waals surface area contributed by atoms with Crippen LogP contribution in [0.2, 0.25) is 0 Å². The summed E-state index contributed by atoms with van der Waals surface area (Å²) in [5, 5.41) is 12.4. The van der Waals surface area contributed by atoms with Crippen molar-refractivity contribution in [2.24, 2.45) is 0 Å². The van der Waals surface area contributed by atoms with Crippen LogP contribution >= 0.6 is 0 Å². The lowest BCUT2D eigenvalue weighted by atomic mass is 9.98. The summed E-state index contributed by atoms with van der Waals surface area (Å²) in [4.78, 5) is 0. The van der Waals surface area contributed by atoms with Crippen molar-refractivity contribution in [2.45, 2.75) is 45.1 Å². The molecule has 2 N–H and O–H groups in total. The van der Waals surface area contributed by atoms with E-state index in [1.807, 2.05) is 0 Å². The second-order valence-electron chi connectivity index (χ2n) is 4.67. The van der Waals surface area contributed by atoms with Gasteiger partial charge in [0.15, 0.2) is 0 Å². The highest BCUT2D eigenvalue weighted by Crippen LogP contribution is 2.17. The standard InChI is InChI=1S/C15H25NO/c1-3-15(10-12-17)16-11-9-13(2)14-7-5-4-6-8-14/h4-8,13,15-17H,3,9-12H2,1-2H3. The second kappa shape index (κ2) is 8.26. The zero-order chi connectivity index (χ0) is 12.5.